The van der Waals surface area contributed by atoms with Gasteiger partial charge in [-0.1, -0.05) is 48.1 Å². The molecule has 0 radical (unpaired) electrons. The van der Waals surface area contributed by atoms with Gasteiger partial charge in [-0.3, -0.25) is 0 Å². The van der Waals surface area contributed by atoms with Gasteiger partial charge in [-0.25, -0.2) is 9.59 Å². The minimum Gasteiger partial charge on any atom is -0.331 e. The van der Waals surface area contributed by atoms with E-state index in [1.165, 1.54) is 4.90 Å². The third kappa shape index (κ3) is 9.57. The zero-order chi connectivity index (χ0) is 22.7. The number of halogens is 3. The molecule has 2 N–H and O–H groups in total. The van der Waals surface area contributed by atoms with E-state index in [0.717, 1.165) is 25.1 Å². The molecule has 4 amide bonds. The van der Waals surface area contributed by atoms with Crippen molar-refractivity contribution < 1.29 is 9.59 Å². The number of carbonyl (C=O) groups is 2. The van der Waals surface area contributed by atoms with Gasteiger partial charge in [0.25, 0.3) is 0 Å². The molecule has 0 spiro atoms. The van der Waals surface area contributed by atoms with Crippen LogP contribution >= 0.6 is 34.8 Å². The molecule has 0 heterocycles. The second-order valence-electron chi connectivity index (χ2n) is 6.67. The highest BCUT2D eigenvalue weighted by Crippen LogP contribution is 2.25. The molecule has 9 heteroatoms. The molecule has 2 aromatic carbocycles. The Hall–Kier alpha value is -2.15. The van der Waals surface area contributed by atoms with Gasteiger partial charge in [0.05, 0.1) is 10.0 Å². The first-order valence-electron chi connectivity index (χ1n) is 9.35. The number of unbranched alkanes of at least 4 members (excludes halogenated alkanes) is 1. The fraction of sp³-hybridized carbons (Fsp3) is 0.333. The normalized spacial score (nSPS) is 9.83. The van der Waals surface area contributed by atoms with Crippen molar-refractivity contribution in [2.24, 2.45) is 0 Å². The van der Waals surface area contributed by atoms with Crippen molar-refractivity contribution in [3.8, 4) is 0 Å². The van der Waals surface area contributed by atoms with Crippen molar-refractivity contribution in [3.63, 3.8) is 0 Å². The lowest BCUT2D eigenvalue weighted by molar-refractivity contribution is 0.222. The van der Waals surface area contributed by atoms with Gasteiger partial charge < -0.3 is 20.4 Å². The number of hydrogen-bond donors (Lipinski definition) is 2. The molecule has 0 aliphatic carbocycles. The maximum atomic E-state index is 11.8. The second-order valence-corrected chi connectivity index (χ2v) is 7.92. The minimum absolute atomic E-state index is 0.142. The Balaban J connectivity index is 0.000000311. The van der Waals surface area contributed by atoms with Crippen LogP contribution in [0.25, 0.3) is 0 Å². The van der Waals surface area contributed by atoms with Gasteiger partial charge in [-0.15, -0.1) is 0 Å². The third-order valence-electron chi connectivity index (χ3n) is 3.87. The zero-order valence-corrected chi connectivity index (χ0v) is 19.8. The molecule has 0 aliphatic rings. The summed E-state index contributed by atoms with van der Waals surface area (Å²) in [5, 5.41) is 7.02. The highest BCUT2D eigenvalue weighted by Gasteiger charge is 2.08. The predicted octanol–water partition coefficient (Wildman–Crippen LogP) is 6.69. The van der Waals surface area contributed by atoms with E-state index in [4.69, 9.17) is 34.8 Å². The molecule has 0 saturated carbocycles. The summed E-state index contributed by atoms with van der Waals surface area (Å²) < 4.78 is 0. The maximum Gasteiger partial charge on any atom is 0.321 e. The van der Waals surface area contributed by atoms with Crippen LogP contribution in [0.4, 0.5) is 21.0 Å². The molecule has 0 saturated heterocycles. The van der Waals surface area contributed by atoms with E-state index in [9.17, 15) is 9.59 Å². The molecule has 0 atom stereocenters. The van der Waals surface area contributed by atoms with Crippen LogP contribution in [0.15, 0.2) is 42.5 Å². The van der Waals surface area contributed by atoms with Crippen LogP contribution in [-0.4, -0.2) is 49.5 Å². The van der Waals surface area contributed by atoms with Gasteiger partial charge in [-0.2, -0.15) is 0 Å². The number of urea groups is 2. The maximum absolute atomic E-state index is 11.8. The van der Waals surface area contributed by atoms with Crippen LogP contribution in [0.2, 0.25) is 15.1 Å². The van der Waals surface area contributed by atoms with Crippen molar-refractivity contribution in [1.29, 1.82) is 0 Å². The lowest BCUT2D eigenvalue weighted by Crippen LogP contribution is -2.32. The average Bonchev–Trinajstić information content (AvgIpc) is 2.71. The molecule has 164 valence electrons. The lowest BCUT2D eigenvalue weighted by Gasteiger charge is -2.17. The van der Waals surface area contributed by atoms with E-state index < -0.39 is 0 Å². The van der Waals surface area contributed by atoms with Crippen LogP contribution in [0.3, 0.4) is 0 Å². The highest BCUT2D eigenvalue weighted by molar-refractivity contribution is 6.42. The van der Waals surface area contributed by atoms with Crippen LogP contribution in [0.1, 0.15) is 19.8 Å². The quantitative estimate of drug-likeness (QED) is 0.508. The summed E-state index contributed by atoms with van der Waals surface area (Å²) in [5.41, 5.74) is 1.39. The Morgan fingerprint density at radius 3 is 1.93 bits per heavy atom. The summed E-state index contributed by atoms with van der Waals surface area (Å²) in [5.74, 6) is 0. The summed E-state index contributed by atoms with van der Waals surface area (Å²) >= 11 is 17.3. The Bertz CT molecular complexity index is 830. The van der Waals surface area contributed by atoms with Crippen molar-refractivity contribution >= 4 is 58.2 Å². The summed E-state index contributed by atoms with van der Waals surface area (Å²) in [6, 6.07) is 11.7. The fourth-order valence-electron chi connectivity index (χ4n) is 2.06. The number of anilines is 2. The monoisotopic (exact) mass is 472 g/mol. The first kappa shape index (κ1) is 25.9. The number of hydrogen-bond acceptors (Lipinski definition) is 2. The van der Waals surface area contributed by atoms with Crippen LogP contribution in [0, 0.1) is 0 Å². The van der Waals surface area contributed by atoms with Crippen molar-refractivity contribution in [2.75, 3.05) is 38.3 Å². The number of benzene rings is 2. The molecule has 2 rings (SSSR count). The number of nitrogens with zero attached hydrogens (tertiary/aromatic N) is 2. The SMILES string of the molecule is CCCCN(C)C(=O)Nc1ccc(Cl)c(Cl)c1.CN(C)C(=O)Nc1ccc(Cl)cc1. The molecule has 30 heavy (non-hydrogen) atoms. The summed E-state index contributed by atoms with van der Waals surface area (Å²) in [7, 11) is 5.14. The van der Waals surface area contributed by atoms with Gasteiger partial charge in [-0.05, 0) is 48.9 Å². The topological polar surface area (TPSA) is 64.7 Å². The van der Waals surface area contributed by atoms with Gasteiger partial charge in [0, 0.05) is 44.1 Å². The Kier molecular flexibility index (Phi) is 11.4. The van der Waals surface area contributed by atoms with Crippen LogP contribution < -0.4 is 10.6 Å². The van der Waals surface area contributed by atoms with E-state index in [1.54, 1.807) is 68.5 Å². The Morgan fingerprint density at radius 1 is 0.833 bits per heavy atom. The molecule has 0 aromatic heterocycles. The third-order valence-corrected chi connectivity index (χ3v) is 4.86. The van der Waals surface area contributed by atoms with Crippen LogP contribution in [-0.2, 0) is 0 Å². The fourth-order valence-corrected chi connectivity index (χ4v) is 2.48. The van der Waals surface area contributed by atoms with E-state index >= 15 is 0 Å². The predicted molar refractivity (Wildman–Crippen MR) is 127 cm³/mol. The van der Waals surface area contributed by atoms with E-state index in [-0.39, 0.29) is 12.1 Å². The molecular weight excluding hydrogens is 447 g/mol. The molecular formula is C21H27Cl3N4O2. The van der Waals surface area contributed by atoms with Gasteiger partial charge in [0.15, 0.2) is 0 Å². The first-order chi connectivity index (χ1) is 14.1. The molecule has 2 aromatic rings. The summed E-state index contributed by atoms with van der Waals surface area (Å²) in [6.45, 7) is 2.83. The Morgan fingerprint density at radius 2 is 1.40 bits per heavy atom. The van der Waals surface area contributed by atoms with E-state index in [2.05, 4.69) is 17.6 Å². The number of rotatable bonds is 5. The van der Waals surface area contributed by atoms with Gasteiger partial charge in [0.1, 0.15) is 0 Å². The van der Waals surface area contributed by atoms with Crippen molar-refractivity contribution in [2.45, 2.75) is 19.8 Å². The molecule has 0 unspecified atom stereocenters. The van der Waals surface area contributed by atoms with Gasteiger partial charge >= 0.3 is 12.1 Å². The zero-order valence-electron chi connectivity index (χ0n) is 17.5. The molecule has 0 aliphatic heterocycles. The van der Waals surface area contributed by atoms with E-state index in [0.29, 0.717) is 20.8 Å². The molecule has 0 fully saturated rings. The molecule has 0 bridgehead atoms. The van der Waals surface area contributed by atoms with Crippen LogP contribution in [0.5, 0.6) is 0 Å². The molecule has 6 nitrogen and oxygen atoms in total. The average molecular weight is 474 g/mol. The number of carbonyl (C=O) groups excluding carboxylic acids is 2. The van der Waals surface area contributed by atoms with Crippen molar-refractivity contribution in [1.82, 2.24) is 9.80 Å². The minimum atomic E-state index is -0.151. The van der Waals surface area contributed by atoms with E-state index in [1.807, 2.05) is 0 Å². The summed E-state index contributed by atoms with van der Waals surface area (Å²) in [6.07, 6.45) is 2.05. The largest absolute Gasteiger partial charge is 0.331 e. The number of nitrogens with one attached hydrogen (secondary N) is 2. The van der Waals surface area contributed by atoms with Crippen molar-refractivity contribution in [3.05, 3.63) is 57.5 Å². The lowest BCUT2D eigenvalue weighted by atomic mass is 10.3. The smallest absolute Gasteiger partial charge is 0.321 e. The number of amides is 4. The standard InChI is InChI=1S/C12H16Cl2N2O.C9H11ClN2O/c1-3-4-7-16(2)12(17)15-9-5-6-10(13)11(14)8-9;1-12(2)9(13)11-8-5-3-7(10)4-6-8/h5-6,8H,3-4,7H2,1-2H3,(H,15,17);3-6H,1-2H3,(H,11,13). The highest BCUT2D eigenvalue weighted by atomic mass is 35.5. The second kappa shape index (κ2) is 13.2. The summed E-state index contributed by atoms with van der Waals surface area (Å²) in [4.78, 5) is 26.0. The van der Waals surface area contributed by atoms with Gasteiger partial charge in [0.2, 0.25) is 0 Å². The Labute approximate surface area is 193 Å². The first-order valence-corrected chi connectivity index (χ1v) is 10.5.